The number of benzene rings is 1. The molecule has 2 N–H and O–H groups in total. The molecule has 1 saturated carbocycles. The molecule has 2 rings (SSSR count). The van der Waals surface area contributed by atoms with Gasteiger partial charge in [-0.25, -0.2) is 8.42 Å². The lowest BCUT2D eigenvalue weighted by molar-refractivity contribution is -0.155. The summed E-state index contributed by atoms with van der Waals surface area (Å²) in [5, 5.41) is 5.38. The highest BCUT2D eigenvalue weighted by Gasteiger charge is 2.27. The number of esters is 1. The number of nitrogens with zero attached hydrogens (tertiary/aromatic N) is 1. The van der Waals surface area contributed by atoms with Crippen LogP contribution in [-0.4, -0.2) is 56.2 Å². The van der Waals surface area contributed by atoms with E-state index in [4.69, 9.17) is 4.74 Å². The molecule has 0 aromatic heterocycles. The minimum absolute atomic E-state index is 0.0334. The molecule has 0 bridgehead atoms. The van der Waals surface area contributed by atoms with E-state index in [1.54, 1.807) is 0 Å². The number of sulfonamides is 1. The molecule has 0 unspecified atom stereocenters. The lowest BCUT2D eigenvalue weighted by atomic mass is 10.2. The largest absolute Gasteiger partial charge is 0.452 e. The maximum atomic E-state index is 12.6. The second-order valence-electron chi connectivity index (χ2n) is 7.09. The number of carbonyl (C=O) groups is 3. The third-order valence-electron chi connectivity index (χ3n) is 4.61. The number of anilines is 1. The van der Waals surface area contributed by atoms with E-state index in [-0.39, 0.29) is 22.8 Å². The lowest BCUT2D eigenvalue weighted by Crippen LogP contribution is -2.42. The second-order valence-corrected chi connectivity index (χ2v) is 9.13. The van der Waals surface area contributed by atoms with E-state index in [1.807, 2.05) is 0 Å². The average Bonchev–Trinajstić information content (AvgIpc) is 3.14. The fourth-order valence-electron chi connectivity index (χ4n) is 3.04. The predicted molar refractivity (Wildman–Crippen MR) is 107 cm³/mol. The maximum Gasteiger partial charge on any atom is 0.322 e. The molecule has 0 heterocycles. The first-order chi connectivity index (χ1) is 13.6. The Morgan fingerprint density at radius 3 is 2.31 bits per heavy atom. The first-order valence-electron chi connectivity index (χ1n) is 9.43. The Hall–Kier alpha value is -2.46. The number of rotatable bonds is 8. The van der Waals surface area contributed by atoms with E-state index in [1.165, 1.54) is 45.2 Å². The van der Waals surface area contributed by atoms with E-state index in [0.29, 0.717) is 5.69 Å². The van der Waals surface area contributed by atoms with Crippen LogP contribution >= 0.6 is 0 Å². The molecule has 2 amide bonds. The number of nitrogens with one attached hydrogen (secondary N) is 2. The Bertz CT molecular complexity index is 847. The van der Waals surface area contributed by atoms with Gasteiger partial charge >= 0.3 is 5.97 Å². The third kappa shape index (κ3) is 6.53. The van der Waals surface area contributed by atoms with Crippen LogP contribution in [0.3, 0.4) is 0 Å². The van der Waals surface area contributed by atoms with Crippen LogP contribution in [0.4, 0.5) is 5.69 Å². The quantitative estimate of drug-likeness (QED) is 0.605. The molecule has 0 spiro atoms. The SMILES string of the molecule is CC(=O)Nc1ccc(S(=O)(=O)N(C)CC(=O)O[C@H](C)C(=O)NC2CCCC2)cc1. The van der Waals surface area contributed by atoms with Crippen molar-refractivity contribution in [2.75, 3.05) is 18.9 Å². The Balaban J connectivity index is 1.91. The number of likely N-dealkylation sites (N-methyl/N-ethyl adjacent to an activating group) is 1. The molecule has 0 saturated heterocycles. The molecule has 160 valence electrons. The van der Waals surface area contributed by atoms with Gasteiger partial charge in [0, 0.05) is 25.7 Å². The summed E-state index contributed by atoms with van der Waals surface area (Å²) in [6, 6.07) is 5.68. The molecule has 1 aromatic carbocycles. The van der Waals surface area contributed by atoms with Crippen LogP contribution in [0.5, 0.6) is 0 Å². The number of amides is 2. The summed E-state index contributed by atoms with van der Waals surface area (Å²) in [6.07, 6.45) is 2.94. The normalized spacial score (nSPS) is 15.7. The van der Waals surface area contributed by atoms with Crippen molar-refractivity contribution in [2.24, 2.45) is 0 Å². The van der Waals surface area contributed by atoms with Gasteiger partial charge in [0.25, 0.3) is 5.91 Å². The summed E-state index contributed by atoms with van der Waals surface area (Å²) in [4.78, 5) is 35.2. The van der Waals surface area contributed by atoms with Crippen LogP contribution in [-0.2, 0) is 29.1 Å². The molecule has 1 fully saturated rings. The van der Waals surface area contributed by atoms with Gasteiger partial charge in [0.15, 0.2) is 6.10 Å². The second kappa shape index (κ2) is 9.84. The molecule has 0 aliphatic heterocycles. The molecular weight excluding hydrogens is 398 g/mol. The number of hydrogen-bond acceptors (Lipinski definition) is 6. The van der Waals surface area contributed by atoms with Gasteiger partial charge in [0.1, 0.15) is 6.54 Å². The van der Waals surface area contributed by atoms with Gasteiger partial charge in [0.2, 0.25) is 15.9 Å². The van der Waals surface area contributed by atoms with E-state index in [0.717, 1.165) is 30.0 Å². The van der Waals surface area contributed by atoms with Gasteiger partial charge in [-0.3, -0.25) is 14.4 Å². The molecule has 9 nitrogen and oxygen atoms in total. The van der Waals surface area contributed by atoms with Gasteiger partial charge < -0.3 is 15.4 Å². The summed E-state index contributed by atoms with van der Waals surface area (Å²) >= 11 is 0. The Kier molecular flexibility index (Phi) is 7.74. The van der Waals surface area contributed by atoms with Gasteiger partial charge in [-0.05, 0) is 44.0 Å². The summed E-state index contributed by atoms with van der Waals surface area (Å²) in [6.45, 7) is 2.27. The van der Waals surface area contributed by atoms with Crippen LogP contribution in [0.2, 0.25) is 0 Å². The zero-order chi connectivity index (χ0) is 21.6. The highest BCUT2D eigenvalue weighted by atomic mass is 32.2. The van der Waals surface area contributed by atoms with Gasteiger partial charge in [0.05, 0.1) is 4.90 Å². The van der Waals surface area contributed by atoms with E-state index in [9.17, 15) is 22.8 Å². The van der Waals surface area contributed by atoms with Gasteiger partial charge in [-0.15, -0.1) is 0 Å². The number of ether oxygens (including phenoxy) is 1. The lowest BCUT2D eigenvalue weighted by Gasteiger charge is -2.20. The summed E-state index contributed by atoms with van der Waals surface area (Å²) in [5.41, 5.74) is 0.459. The van der Waals surface area contributed by atoms with Crippen LogP contribution in [0.15, 0.2) is 29.2 Å². The fourth-order valence-corrected chi connectivity index (χ4v) is 4.15. The molecule has 1 aliphatic rings. The number of hydrogen-bond donors (Lipinski definition) is 2. The van der Waals surface area contributed by atoms with Crippen molar-refractivity contribution in [3.8, 4) is 0 Å². The van der Waals surface area contributed by atoms with Crippen molar-refractivity contribution in [1.29, 1.82) is 0 Å². The van der Waals surface area contributed by atoms with E-state index >= 15 is 0 Å². The Morgan fingerprint density at radius 2 is 1.76 bits per heavy atom. The van der Waals surface area contributed by atoms with E-state index < -0.39 is 28.6 Å². The molecule has 10 heteroatoms. The van der Waals surface area contributed by atoms with Crippen molar-refractivity contribution >= 4 is 33.5 Å². The smallest absolute Gasteiger partial charge is 0.322 e. The van der Waals surface area contributed by atoms with Gasteiger partial charge in [-0.1, -0.05) is 12.8 Å². The van der Waals surface area contributed by atoms with E-state index in [2.05, 4.69) is 10.6 Å². The molecule has 0 radical (unpaired) electrons. The maximum absolute atomic E-state index is 12.6. The molecule has 1 atom stereocenters. The van der Waals surface area contributed by atoms with Crippen molar-refractivity contribution < 1.29 is 27.5 Å². The summed E-state index contributed by atoms with van der Waals surface area (Å²) < 4.78 is 31.1. The monoisotopic (exact) mass is 425 g/mol. The topological polar surface area (TPSA) is 122 Å². The first-order valence-corrected chi connectivity index (χ1v) is 10.9. The van der Waals surface area contributed by atoms with Gasteiger partial charge in [-0.2, -0.15) is 4.31 Å². The highest BCUT2D eigenvalue weighted by molar-refractivity contribution is 7.89. The Labute approximate surface area is 170 Å². The summed E-state index contributed by atoms with van der Waals surface area (Å²) in [5.74, 6) is -1.48. The zero-order valence-corrected chi connectivity index (χ0v) is 17.6. The number of carbonyl (C=O) groups excluding carboxylic acids is 3. The standard InChI is InChI=1S/C19H27N3O6S/c1-13(19(25)21-15-6-4-5-7-15)28-18(24)12-22(3)29(26,27)17-10-8-16(9-11-17)20-14(2)23/h8-11,13,15H,4-7,12H2,1-3H3,(H,20,23)(H,21,25)/t13-/m1/s1. The van der Waals surface area contributed by atoms with Crippen molar-refractivity contribution in [1.82, 2.24) is 9.62 Å². The minimum Gasteiger partial charge on any atom is -0.452 e. The first kappa shape index (κ1) is 22.8. The Morgan fingerprint density at radius 1 is 1.17 bits per heavy atom. The van der Waals surface area contributed by atoms with Crippen molar-refractivity contribution in [3.05, 3.63) is 24.3 Å². The van der Waals surface area contributed by atoms with Crippen LogP contribution in [0.25, 0.3) is 0 Å². The van der Waals surface area contributed by atoms with Crippen LogP contribution < -0.4 is 10.6 Å². The predicted octanol–water partition coefficient (Wildman–Crippen LogP) is 1.26. The zero-order valence-electron chi connectivity index (χ0n) is 16.8. The van der Waals surface area contributed by atoms with Crippen LogP contribution in [0.1, 0.15) is 39.5 Å². The average molecular weight is 426 g/mol. The summed E-state index contributed by atoms with van der Waals surface area (Å²) in [7, 11) is -2.68. The minimum atomic E-state index is -3.93. The molecular formula is C19H27N3O6S. The highest BCUT2D eigenvalue weighted by Crippen LogP contribution is 2.19. The fraction of sp³-hybridized carbons (Fsp3) is 0.526. The van der Waals surface area contributed by atoms with Crippen LogP contribution in [0, 0.1) is 0 Å². The molecule has 1 aromatic rings. The third-order valence-corrected chi connectivity index (χ3v) is 6.43. The molecule has 29 heavy (non-hydrogen) atoms. The van der Waals surface area contributed by atoms with Crippen molar-refractivity contribution in [2.45, 2.75) is 56.6 Å². The van der Waals surface area contributed by atoms with Crippen molar-refractivity contribution in [3.63, 3.8) is 0 Å². The molecule has 1 aliphatic carbocycles.